The molecular formula is C21H25N5. The van der Waals surface area contributed by atoms with Crippen molar-refractivity contribution in [2.75, 3.05) is 17.2 Å². The average Bonchev–Trinajstić information content (AvgIpc) is 2.69. The van der Waals surface area contributed by atoms with E-state index in [-0.39, 0.29) is 0 Å². The Balaban J connectivity index is 1.59. The lowest BCUT2D eigenvalue weighted by Gasteiger charge is -2.28. The number of rotatable bonds is 5. The number of benzene rings is 2. The Bertz CT molecular complexity index is 857. The second-order valence-corrected chi connectivity index (χ2v) is 7.00. The van der Waals surface area contributed by atoms with Crippen molar-refractivity contribution in [3.05, 3.63) is 54.6 Å². The summed E-state index contributed by atoms with van der Waals surface area (Å²) in [4.78, 5) is 9.50. The fraction of sp³-hybridized carbons (Fsp3) is 0.333. The van der Waals surface area contributed by atoms with Crippen LogP contribution in [0.4, 0.5) is 17.5 Å². The van der Waals surface area contributed by atoms with Crippen molar-refractivity contribution in [2.24, 2.45) is 11.7 Å². The number of nitrogens with two attached hydrogens (primary N) is 1. The molecule has 1 aliphatic rings. The number of fused-ring (bicyclic) bond motifs is 1. The summed E-state index contributed by atoms with van der Waals surface area (Å²) in [5.41, 5.74) is 7.77. The van der Waals surface area contributed by atoms with E-state index in [0.717, 1.165) is 41.8 Å². The predicted octanol–water partition coefficient (Wildman–Crippen LogP) is 4.30. The van der Waals surface area contributed by atoms with Gasteiger partial charge in [0, 0.05) is 17.1 Å². The summed E-state index contributed by atoms with van der Waals surface area (Å²) in [5, 5.41) is 8.00. The van der Waals surface area contributed by atoms with Crippen LogP contribution in [0.3, 0.4) is 0 Å². The largest absolute Gasteiger partial charge is 0.351 e. The van der Waals surface area contributed by atoms with Crippen LogP contribution in [0.2, 0.25) is 0 Å². The zero-order valence-corrected chi connectivity index (χ0v) is 14.9. The van der Waals surface area contributed by atoms with Gasteiger partial charge in [-0.3, -0.25) is 0 Å². The third kappa shape index (κ3) is 3.78. The molecule has 0 spiro atoms. The molecule has 0 radical (unpaired) electrons. The third-order valence-corrected chi connectivity index (χ3v) is 5.15. The van der Waals surface area contributed by atoms with Gasteiger partial charge in [0.25, 0.3) is 0 Å². The van der Waals surface area contributed by atoms with Crippen LogP contribution in [0, 0.1) is 5.92 Å². The van der Waals surface area contributed by atoms with Gasteiger partial charge in [0.1, 0.15) is 5.82 Å². The van der Waals surface area contributed by atoms with Crippen LogP contribution in [0.5, 0.6) is 0 Å². The lowest BCUT2D eigenvalue weighted by atomic mass is 9.86. The molecule has 5 heteroatoms. The number of nitrogens with zero attached hydrogens (tertiary/aromatic N) is 2. The maximum Gasteiger partial charge on any atom is 0.225 e. The minimum Gasteiger partial charge on any atom is -0.351 e. The minimum absolute atomic E-state index is 0.420. The van der Waals surface area contributed by atoms with Crippen LogP contribution in [-0.4, -0.2) is 22.6 Å². The van der Waals surface area contributed by atoms with Crippen LogP contribution in [0.15, 0.2) is 54.6 Å². The van der Waals surface area contributed by atoms with Crippen LogP contribution in [0.25, 0.3) is 10.9 Å². The molecule has 4 N–H and O–H groups in total. The monoisotopic (exact) mass is 347 g/mol. The second-order valence-electron chi connectivity index (χ2n) is 7.00. The number of anilines is 3. The van der Waals surface area contributed by atoms with Crippen molar-refractivity contribution in [2.45, 2.75) is 31.7 Å². The number of hydrogen-bond acceptors (Lipinski definition) is 5. The molecule has 1 saturated carbocycles. The Morgan fingerprint density at radius 2 is 1.62 bits per heavy atom. The molecule has 2 aromatic carbocycles. The van der Waals surface area contributed by atoms with Gasteiger partial charge in [-0.2, -0.15) is 4.98 Å². The Morgan fingerprint density at radius 3 is 2.38 bits per heavy atom. The molecule has 5 nitrogen and oxygen atoms in total. The first-order valence-corrected chi connectivity index (χ1v) is 9.37. The fourth-order valence-electron chi connectivity index (χ4n) is 3.62. The molecule has 26 heavy (non-hydrogen) atoms. The molecule has 1 fully saturated rings. The highest BCUT2D eigenvalue weighted by Gasteiger charge is 2.21. The standard InChI is InChI=1S/C21H25N5/c22-14-15-10-12-17(13-11-15)24-21-25-19-9-5-4-8-18(19)20(26-21)23-16-6-2-1-3-7-16/h1-9,15,17H,10-14,22H2,(H2,23,24,25,26). The molecule has 0 bridgehead atoms. The normalized spacial score (nSPS) is 20.0. The van der Waals surface area contributed by atoms with Gasteiger partial charge in [-0.15, -0.1) is 0 Å². The van der Waals surface area contributed by atoms with Crippen molar-refractivity contribution in [3.8, 4) is 0 Å². The number of nitrogens with one attached hydrogen (secondary N) is 2. The molecule has 1 aliphatic carbocycles. The van der Waals surface area contributed by atoms with Crippen LogP contribution in [0.1, 0.15) is 25.7 Å². The lowest BCUT2D eigenvalue weighted by Crippen LogP contribution is -2.29. The topological polar surface area (TPSA) is 75.9 Å². The zero-order valence-electron chi connectivity index (χ0n) is 14.9. The summed E-state index contributed by atoms with van der Waals surface area (Å²) in [7, 11) is 0. The molecule has 0 amide bonds. The first-order chi connectivity index (χ1) is 12.8. The van der Waals surface area contributed by atoms with Gasteiger partial charge in [-0.25, -0.2) is 4.98 Å². The fourth-order valence-corrected chi connectivity index (χ4v) is 3.62. The number of para-hydroxylation sites is 2. The minimum atomic E-state index is 0.420. The van der Waals surface area contributed by atoms with Crippen molar-refractivity contribution in [1.82, 2.24) is 9.97 Å². The van der Waals surface area contributed by atoms with E-state index in [4.69, 9.17) is 15.7 Å². The molecule has 3 aromatic rings. The molecule has 0 unspecified atom stereocenters. The van der Waals surface area contributed by atoms with Gasteiger partial charge in [0.2, 0.25) is 5.95 Å². The van der Waals surface area contributed by atoms with E-state index in [1.807, 2.05) is 48.5 Å². The molecule has 1 aromatic heterocycles. The Labute approximate surface area is 154 Å². The SMILES string of the molecule is NCC1CCC(Nc2nc(Nc3ccccc3)c3ccccc3n2)CC1. The Kier molecular flexibility index (Phi) is 4.97. The van der Waals surface area contributed by atoms with Gasteiger partial charge in [0.05, 0.1) is 5.52 Å². The summed E-state index contributed by atoms with van der Waals surface area (Å²) < 4.78 is 0. The number of hydrogen-bond donors (Lipinski definition) is 3. The van der Waals surface area contributed by atoms with Crippen molar-refractivity contribution in [3.63, 3.8) is 0 Å². The first kappa shape index (κ1) is 16.8. The second kappa shape index (κ2) is 7.70. The highest BCUT2D eigenvalue weighted by atomic mass is 15.2. The van der Waals surface area contributed by atoms with E-state index in [2.05, 4.69) is 16.7 Å². The summed E-state index contributed by atoms with van der Waals surface area (Å²) in [6, 6.07) is 18.6. The van der Waals surface area contributed by atoms with Gasteiger partial charge in [0.15, 0.2) is 0 Å². The molecular weight excluding hydrogens is 322 g/mol. The van der Waals surface area contributed by atoms with Gasteiger partial charge in [-0.1, -0.05) is 30.3 Å². The summed E-state index contributed by atoms with van der Waals surface area (Å²) in [6.07, 6.45) is 4.60. The Hall–Kier alpha value is -2.66. The molecule has 0 atom stereocenters. The number of aromatic nitrogens is 2. The van der Waals surface area contributed by atoms with Gasteiger partial charge < -0.3 is 16.4 Å². The zero-order chi connectivity index (χ0) is 17.8. The molecule has 0 aliphatic heterocycles. The third-order valence-electron chi connectivity index (χ3n) is 5.15. The first-order valence-electron chi connectivity index (χ1n) is 9.37. The smallest absolute Gasteiger partial charge is 0.225 e. The average molecular weight is 347 g/mol. The van der Waals surface area contributed by atoms with E-state index < -0.39 is 0 Å². The highest BCUT2D eigenvalue weighted by molar-refractivity contribution is 5.91. The van der Waals surface area contributed by atoms with Crippen molar-refractivity contribution in [1.29, 1.82) is 0 Å². The highest BCUT2D eigenvalue weighted by Crippen LogP contribution is 2.28. The van der Waals surface area contributed by atoms with Crippen molar-refractivity contribution < 1.29 is 0 Å². The van der Waals surface area contributed by atoms with E-state index in [1.54, 1.807) is 0 Å². The quantitative estimate of drug-likeness (QED) is 0.641. The predicted molar refractivity (Wildman–Crippen MR) is 108 cm³/mol. The van der Waals surface area contributed by atoms with Crippen LogP contribution < -0.4 is 16.4 Å². The van der Waals surface area contributed by atoms with E-state index in [0.29, 0.717) is 17.9 Å². The summed E-state index contributed by atoms with van der Waals surface area (Å²) >= 11 is 0. The van der Waals surface area contributed by atoms with E-state index in [9.17, 15) is 0 Å². The van der Waals surface area contributed by atoms with E-state index in [1.165, 1.54) is 12.8 Å². The van der Waals surface area contributed by atoms with Crippen LogP contribution >= 0.6 is 0 Å². The molecule has 0 saturated heterocycles. The van der Waals surface area contributed by atoms with E-state index >= 15 is 0 Å². The maximum absolute atomic E-state index is 5.80. The molecule has 1 heterocycles. The Morgan fingerprint density at radius 1 is 0.885 bits per heavy atom. The van der Waals surface area contributed by atoms with Gasteiger partial charge in [-0.05, 0) is 62.4 Å². The van der Waals surface area contributed by atoms with Gasteiger partial charge >= 0.3 is 0 Å². The van der Waals surface area contributed by atoms with Crippen molar-refractivity contribution >= 4 is 28.4 Å². The summed E-state index contributed by atoms with van der Waals surface area (Å²) in [6.45, 7) is 0.796. The van der Waals surface area contributed by atoms with Crippen LogP contribution in [-0.2, 0) is 0 Å². The molecule has 134 valence electrons. The lowest BCUT2D eigenvalue weighted by molar-refractivity contribution is 0.344. The summed E-state index contributed by atoms with van der Waals surface area (Å²) in [5.74, 6) is 2.19. The molecule has 4 rings (SSSR count). The maximum atomic E-state index is 5.80.